The van der Waals surface area contributed by atoms with E-state index >= 15 is 0 Å². The first kappa shape index (κ1) is 13.8. The van der Waals surface area contributed by atoms with Crippen LogP contribution in [0.1, 0.15) is 18.4 Å². The number of likely N-dealkylation sites (tertiary alicyclic amines) is 1. The smallest absolute Gasteiger partial charge is 0.386 e. The molecule has 1 fully saturated rings. The monoisotopic (exact) mass is 269 g/mol. The number of alkyl halides is 2. The fraction of sp³-hybridized carbons (Fsp3) is 0.500. The molecule has 1 aliphatic heterocycles. The molecule has 1 aromatic carbocycles. The van der Waals surface area contributed by atoms with Crippen molar-refractivity contribution in [2.75, 3.05) is 13.1 Å². The highest BCUT2D eigenvalue weighted by molar-refractivity contribution is 5.67. The van der Waals surface area contributed by atoms with Crippen LogP contribution in [0.5, 0.6) is 0 Å². The fourth-order valence-electron chi connectivity index (χ4n) is 2.42. The van der Waals surface area contributed by atoms with Crippen LogP contribution in [0.3, 0.4) is 0 Å². The van der Waals surface area contributed by atoms with Crippen LogP contribution < -0.4 is 0 Å². The second-order valence-corrected chi connectivity index (χ2v) is 4.76. The normalized spacial score (nSPS) is 16.7. The van der Waals surface area contributed by atoms with Crippen LogP contribution in [-0.2, 0) is 11.2 Å². The van der Waals surface area contributed by atoms with Gasteiger partial charge in [-0.25, -0.2) is 4.79 Å². The highest BCUT2D eigenvalue weighted by Gasteiger charge is 2.25. The molecule has 0 saturated carbocycles. The van der Waals surface area contributed by atoms with Gasteiger partial charge >= 0.3 is 12.7 Å². The van der Waals surface area contributed by atoms with E-state index in [-0.39, 0.29) is 0 Å². The molecule has 19 heavy (non-hydrogen) atoms. The van der Waals surface area contributed by atoms with Gasteiger partial charge in [-0.3, -0.25) is 0 Å². The first-order valence-electron chi connectivity index (χ1n) is 6.43. The van der Waals surface area contributed by atoms with Crippen molar-refractivity contribution in [3.05, 3.63) is 35.9 Å². The Bertz CT molecular complexity index is 403. The highest BCUT2D eigenvalue weighted by Crippen LogP contribution is 2.22. The van der Waals surface area contributed by atoms with E-state index in [1.54, 1.807) is 0 Å². The molecule has 1 aliphatic rings. The summed E-state index contributed by atoms with van der Waals surface area (Å²) in [6.07, 6.45) is 1.71. The van der Waals surface area contributed by atoms with Crippen molar-refractivity contribution in [1.29, 1.82) is 0 Å². The molecule has 1 aromatic rings. The highest BCUT2D eigenvalue weighted by atomic mass is 19.3. The number of carbonyl (C=O) groups is 1. The third-order valence-corrected chi connectivity index (χ3v) is 3.43. The van der Waals surface area contributed by atoms with E-state index in [1.807, 2.05) is 18.2 Å². The molecule has 0 aliphatic carbocycles. The molecule has 0 aromatic heterocycles. The molecule has 2 rings (SSSR count). The van der Waals surface area contributed by atoms with E-state index in [1.165, 1.54) is 10.5 Å². The Morgan fingerprint density at radius 1 is 1.26 bits per heavy atom. The number of nitrogens with zero attached hydrogens (tertiary/aromatic N) is 1. The van der Waals surface area contributed by atoms with Crippen molar-refractivity contribution in [2.24, 2.45) is 5.92 Å². The van der Waals surface area contributed by atoms with Crippen molar-refractivity contribution in [1.82, 2.24) is 4.90 Å². The summed E-state index contributed by atoms with van der Waals surface area (Å²) in [7, 11) is 0. The van der Waals surface area contributed by atoms with Gasteiger partial charge in [-0.2, -0.15) is 8.78 Å². The molecule has 0 bridgehead atoms. The second kappa shape index (κ2) is 6.50. The average Bonchev–Trinajstić information content (AvgIpc) is 2.40. The van der Waals surface area contributed by atoms with Gasteiger partial charge in [0.15, 0.2) is 0 Å². The Balaban J connectivity index is 1.78. The minimum atomic E-state index is -3.03. The van der Waals surface area contributed by atoms with Gasteiger partial charge in [0.05, 0.1) is 0 Å². The Morgan fingerprint density at radius 2 is 1.89 bits per heavy atom. The van der Waals surface area contributed by atoms with E-state index in [0.29, 0.717) is 19.0 Å². The predicted octanol–water partition coefficient (Wildman–Crippen LogP) is 3.30. The zero-order valence-corrected chi connectivity index (χ0v) is 10.6. The van der Waals surface area contributed by atoms with Gasteiger partial charge < -0.3 is 9.64 Å². The maximum Gasteiger partial charge on any atom is 0.414 e. The minimum Gasteiger partial charge on any atom is -0.386 e. The summed E-state index contributed by atoms with van der Waals surface area (Å²) >= 11 is 0. The Morgan fingerprint density at radius 3 is 2.47 bits per heavy atom. The zero-order valence-electron chi connectivity index (χ0n) is 10.6. The van der Waals surface area contributed by atoms with Crippen LogP contribution in [-0.4, -0.2) is 30.7 Å². The lowest BCUT2D eigenvalue weighted by Gasteiger charge is -2.31. The Hall–Kier alpha value is -1.65. The van der Waals surface area contributed by atoms with E-state index in [2.05, 4.69) is 16.9 Å². The van der Waals surface area contributed by atoms with E-state index < -0.39 is 12.7 Å². The van der Waals surface area contributed by atoms with Crippen molar-refractivity contribution in [2.45, 2.75) is 25.9 Å². The first-order valence-corrected chi connectivity index (χ1v) is 6.43. The maximum atomic E-state index is 11.9. The molecule has 3 nitrogen and oxygen atoms in total. The van der Waals surface area contributed by atoms with Crippen molar-refractivity contribution in [3.63, 3.8) is 0 Å². The summed E-state index contributed by atoms with van der Waals surface area (Å²) in [5.41, 5.74) is 1.27. The lowest BCUT2D eigenvalue weighted by Crippen LogP contribution is -2.39. The summed E-state index contributed by atoms with van der Waals surface area (Å²) in [6, 6.07) is 10.1. The zero-order chi connectivity index (χ0) is 13.7. The lowest BCUT2D eigenvalue weighted by atomic mass is 9.90. The number of carbonyl (C=O) groups excluding carboxylic acids is 1. The summed E-state index contributed by atoms with van der Waals surface area (Å²) in [6.45, 7) is -2.05. The van der Waals surface area contributed by atoms with Crippen molar-refractivity contribution in [3.8, 4) is 0 Å². The van der Waals surface area contributed by atoms with Crippen LogP contribution in [0, 0.1) is 5.92 Å². The number of halogens is 2. The number of piperidine rings is 1. The number of amides is 1. The van der Waals surface area contributed by atoms with Crippen molar-refractivity contribution < 1.29 is 18.3 Å². The molecule has 1 amide bonds. The molecule has 0 atom stereocenters. The van der Waals surface area contributed by atoms with Gasteiger partial charge in [0, 0.05) is 13.1 Å². The van der Waals surface area contributed by atoms with Gasteiger partial charge in [-0.1, -0.05) is 30.3 Å². The second-order valence-electron chi connectivity index (χ2n) is 4.76. The predicted molar refractivity (Wildman–Crippen MR) is 66.9 cm³/mol. The largest absolute Gasteiger partial charge is 0.414 e. The van der Waals surface area contributed by atoms with Crippen LogP contribution in [0.25, 0.3) is 0 Å². The third kappa shape index (κ3) is 4.19. The third-order valence-electron chi connectivity index (χ3n) is 3.43. The first-order chi connectivity index (χ1) is 9.15. The number of benzene rings is 1. The van der Waals surface area contributed by atoms with Crippen LogP contribution in [0.2, 0.25) is 0 Å². The van der Waals surface area contributed by atoms with Gasteiger partial charge in [-0.05, 0) is 30.7 Å². The van der Waals surface area contributed by atoms with Crippen LogP contribution >= 0.6 is 0 Å². The van der Waals surface area contributed by atoms with Crippen LogP contribution in [0.4, 0.5) is 13.6 Å². The van der Waals surface area contributed by atoms with E-state index in [9.17, 15) is 13.6 Å². The molecule has 0 N–H and O–H groups in total. The quantitative estimate of drug-likeness (QED) is 0.842. The fourth-order valence-corrected chi connectivity index (χ4v) is 2.42. The molecule has 104 valence electrons. The van der Waals surface area contributed by atoms with E-state index in [0.717, 1.165) is 19.3 Å². The molecule has 1 saturated heterocycles. The average molecular weight is 269 g/mol. The molecule has 0 unspecified atom stereocenters. The molecule has 0 spiro atoms. The SMILES string of the molecule is O=C(OC(F)F)N1CCC(Cc2ccccc2)CC1. The van der Waals surface area contributed by atoms with Crippen LogP contribution in [0.15, 0.2) is 30.3 Å². The molecule has 0 radical (unpaired) electrons. The topological polar surface area (TPSA) is 29.5 Å². The van der Waals surface area contributed by atoms with Gasteiger partial charge in [0.25, 0.3) is 0 Å². The Labute approximate surface area is 111 Å². The molecule has 1 heterocycles. The standard InChI is InChI=1S/C14H17F2NO2/c15-13(16)19-14(18)17-8-6-12(7-9-17)10-11-4-2-1-3-5-11/h1-5,12-13H,6-10H2. The van der Waals surface area contributed by atoms with Crippen molar-refractivity contribution >= 4 is 6.09 Å². The number of rotatable bonds is 3. The number of hydrogen-bond donors (Lipinski definition) is 0. The number of ether oxygens (including phenoxy) is 1. The lowest BCUT2D eigenvalue weighted by molar-refractivity contribution is -0.0936. The molecular weight excluding hydrogens is 252 g/mol. The summed E-state index contributed by atoms with van der Waals surface area (Å²) in [5, 5.41) is 0. The van der Waals surface area contributed by atoms with E-state index in [4.69, 9.17) is 0 Å². The minimum absolute atomic E-state index is 0.489. The van der Waals surface area contributed by atoms with Gasteiger partial charge in [-0.15, -0.1) is 0 Å². The van der Waals surface area contributed by atoms with Gasteiger partial charge in [0.1, 0.15) is 0 Å². The summed E-state index contributed by atoms with van der Waals surface area (Å²) in [4.78, 5) is 12.7. The maximum absolute atomic E-state index is 11.9. The summed E-state index contributed by atoms with van der Waals surface area (Å²) < 4.78 is 27.8. The van der Waals surface area contributed by atoms with Gasteiger partial charge in [0.2, 0.25) is 0 Å². The number of hydrogen-bond acceptors (Lipinski definition) is 2. The molecular formula is C14H17F2NO2. The Kier molecular flexibility index (Phi) is 4.71. The molecule has 5 heteroatoms. The summed E-state index contributed by atoms with van der Waals surface area (Å²) in [5.74, 6) is 0.498.